The maximum Gasteiger partial charge on any atom is 0.410 e. The lowest BCUT2D eigenvalue weighted by molar-refractivity contribution is -0.131. The van der Waals surface area contributed by atoms with Gasteiger partial charge in [-0.05, 0) is 79.6 Å². The number of nitrogens with one attached hydrogen (secondary N) is 2. The fourth-order valence-electron chi connectivity index (χ4n) is 7.07. The van der Waals surface area contributed by atoms with Crippen molar-refractivity contribution < 1.29 is 33.0 Å². The summed E-state index contributed by atoms with van der Waals surface area (Å²) in [4.78, 5) is 62.2. The van der Waals surface area contributed by atoms with Gasteiger partial charge in [-0.2, -0.15) is 0 Å². The number of thioether (sulfide) groups is 1. The molecular formula is C41H49FN6O6S. The standard InChI is InChI=1S/C41H49FN6O6S/c1-7-12-32(41(3,4)5)54-40(52)46(6)22-19-29(42)38(50)47-21-11-13-26(24-47)44-36(49)35-34-33-31(18-20-43-37(33)55-35)48(39(51)45-34)30-17-16-28(23-25(30)2)53-27-14-9-8-10-15-27/h8-10,14-20,23,26,32,34-35H,7,11-13,21-22,24H2,1-6H3,(H,44,49)(H,45,51). The van der Waals surface area contributed by atoms with Crippen LogP contribution in [0.25, 0.3) is 0 Å². The molecule has 55 heavy (non-hydrogen) atoms. The lowest BCUT2D eigenvalue weighted by Gasteiger charge is -2.36. The van der Waals surface area contributed by atoms with Crippen molar-refractivity contribution in [2.24, 2.45) is 5.41 Å². The van der Waals surface area contributed by atoms with E-state index in [9.17, 15) is 19.2 Å². The van der Waals surface area contributed by atoms with Crippen LogP contribution in [0.4, 0.5) is 25.4 Å². The van der Waals surface area contributed by atoms with Gasteiger partial charge in [-0.25, -0.2) is 19.0 Å². The van der Waals surface area contributed by atoms with Crippen molar-refractivity contribution in [3.05, 3.63) is 83.8 Å². The number of urea groups is 1. The predicted octanol–water partition coefficient (Wildman–Crippen LogP) is 7.80. The molecule has 4 atom stereocenters. The fraction of sp³-hybridized carbons (Fsp3) is 0.439. The summed E-state index contributed by atoms with van der Waals surface area (Å²) in [6, 6.07) is 15.3. The maximum atomic E-state index is 15.2. The maximum absolute atomic E-state index is 15.2. The topological polar surface area (TPSA) is 133 Å². The molecule has 0 saturated carbocycles. The molecular weight excluding hydrogens is 724 g/mol. The van der Waals surface area contributed by atoms with Gasteiger partial charge in [-0.1, -0.05) is 64.1 Å². The minimum Gasteiger partial charge on any atom is -0.457 e. The fourth-order valence-corrected chi connectivity index (χ4v) is 8.30. The van der Waals surface area contributed by atoms with Gasteiger partial charge in [0.05, 0.1) is 17.4 Å². The SMILES string of the molecule is CCCC(OC(=O)N(C)CC=C(F)C(=O)N1CCCC(NC(=O)C2Sc3nccc4c3C2NC(=O)N4c2ccc(Oc3ccccc3)cc2C)C1)C(C)(C)C. The number of rotatable bonds is 11. The Hall–Kier alpha value is -5.11. The molecule has 1 saturated heterocycles. The molecule has 3 aliphatic heterocycles. The van der Waals surface area contributed by atoms with E-state index in [1.54, 1.807) is 17.2 Å². The van der Waals surface area contributed by atoms with Gasteiger partial charge in [0, 0.05) is 44.5 Å². The third kappa shape index (κ3) is 8.90. The third-order valence-corrected chi connectivity index (χ3v) is 11.3. The molecule has 0 bridgehead atoms. The molecule has 0 radical (unpaired) electrons. The minimum atomic E-state index is -0.976. The smallest absolute Gasteiger partial charge is 0.410 e. The second kappa shape index (κ2) is 16.7. The molecule has 2 N–H and O–H groups in total. The Balaban J connectivity index is 1.07. The van der Waals surface area contributed by atoms with Crippen LogP contribution >= 0.6 is 11.8 Å². The summed E-state index contributed by atoms with van der Waals surface area (Å²) < 4.78 is 26.9. The van der Waals surface area contributed by atoms with Gasteiger partial charge in [-0.15, -0.1) is 0 Å². The molecule has 4 unspecified atom stereocenters. The molecule has 0 spiro atoms. The molecule has 3 aromatic rings. The Labute approximate surface area is 325 Å². The molecule has 2 aromatic carbocycles. The highest BCUT2D eigenvalue weighted by Gasteiger charge is 2.47. The van der Waals surface area contributed by atoms with Crippen molar-refractivity contribution in [3.8, 4) is 11.5 Å². The highest BCUT2D eigenvalue weighted by molar-refractivity contribution is 8.01. The van der Waals surface area contributed by atoms with Crippen LogP contribution in [-0.2, 0) is 14.3 Å². The Morgan fingerprint density at radius 1 is 1.13 bits per heavy atom. The second-order valence-electron chi connectivity index (χ2n) is 15.3. The number of carbonyl (C=O) groups excluding carboxylic acids is 4. The number of hydrogen-bond donors (Lipinski definition) is 2. The average Bonchev–Trinajstić information content (AvgIpc) is 3.53. The van der Waals surface area contributed by atoms with Crippen molar-refractivity contribution in [1.82, 2.24) is 25.4 Å². The number of para-hydroxylation sites is 1. The first-order chi connectivity index (χ1) is 26.2. The number of benzene rings is 2. The normalized spacial score (nSPS) is 19.9. The van der Waals surface area contributed by atoms with Crippen molar-refractivity contribution in [2.75, 3.05) is 31.6 Å². The summed E-state index contributed by atoms with van der Waals surface area (Å²) in [5, 5.41) is 6.04. The quantitative estimate of drug-likeness (QED) is 0.189. The van der Waals surface area contributed by atoms with Crippen LogP contribution in [0.15, 0.2) is 77.7 Å². The Morgan fingerprint density at radius 3 is 2.60 bits per heavy atom. The highest BCUT2D eigenvalue weighted by Crippen LogP contribution is 2.51. The number of nitrogens with zero attached hydrogens (tertiary/aromatic N) is 4. The number of carbonyl (C=O) groups is 4. The number of aromatic nitrogens is 1. The number of likely N-dealkylation sites (tertiary alicyclic amines) is 1. The van der Waals surface area contributed by atoms with Crippen LogP contribution in [0, 0.1) is 12.3 Å². The van der Waals surface area contributed by atoms with Crippen LogP contribution in [0.3, 0.4) is 0 Å². The minimum absolute atomic E-state index is 0.121. The number of amides is 5. The summed E-state index contributed by atoms with van der Waals surface area (Å²) in [5.74, 6) is -0.743. The molecule has 3 aliphatic rings. The Bertz CT molecular complexity index is 1950. The molecule has 0 aliphatic carbocycles. The molecule has 6 rings (SSSR count). The van der Waals surface area contributed by atoms with Gasteiger partial charge < -0.3 is 29.9 Å². The first-order valence-electron chi connectivity index (χ1n) is 18.7. The van der Waals surface area contributed by atoms with Crippen molar-refractivity contribution in [3.63, 3.8) is 0 Å². The van der Waals surface area contributed by atoms with Gasteiger partial charge in [0.25, 0.3) is 5.91 Å². The van der Waals surface area contributed by atoms with Crippen molar-refractivity contribution in [1.29, 1.82) is 0 Å². The number of pyridine rings is 1. The van der Waals surface area contributed by atoms with E-state index in [2.05, 4.69) is 15.6 Å². The van der Waals surface area contributed by atoms with Crippen molar-refractivity contribution in [2.45, 2.75) is 88.8 Å². The summed E-state index contributed by atoms with van der Waals surface area (Å²) >= 11 is 1.28. The zero-order chi connectivity index (χ0) is 39.4. The van der Waals surface area contributed by atoms with Gasteiger partial charge >= 0.3 is 12.1 Å². The van der Waals surface area contributed by atoms with Crippen LogP contribution in [-0.4, -0.2) is 82.8 Å². The van der Waals surface area contributed by atoms with E-state index in [1.165, 1.54) is 28.6 Å². The molecule has 1 fully saturated rings. The predicted molar refractivity (Wildman–Crippen MR) is 209 cm³/mol. The number of halogens is 1. The van der Waals surface area contributed by atoms with Crippen molar-refractivity contribution >= 4 is 47.1 Å². The first kappa shape index (κ1) is 39.6. The van der Waals surface area contributed by atoms with Gasteiger partial charge in [-0.3, -0.25) is 14.5 Å². The number of piperidine rings is 1. The summed E-state index contributed by atoms with van der Waals surface area (Å²) in [6.45, 7) is 10.2. The molecule has 14 heteroatoms. The zero-order valence-corrected chi connectivity index (χ0v) is 33.0. The lowest BCUT2D eigenvalue weighted by Crippen LogP contribution is -2.53. The highest BCUT2D eigenvalue weighted by atomic mass is 32.2. The molecule has 292 valence electrons. The van der Waals surface area contributed by atoms with Crippen LogP contribution in [0.5, 0.6) is 11.5 Å². The molecule has 12 nitrogen and oxygen atoms in total. The van der Waals surface area contributed by atoms with Crippen LogP contribution in [0.1, 0.15) is 70.5 Å². The average molecular weight is 773 g/mol. The van der Waals surface area contributed by atoms with Crippen LogP contribution < -0.4 is 20.3 Å². The zero-order valence-electron chi connectivity index (χ0n) is 32.1. The summed E-state index contributed by atoms with van der Waals surface area (Å²) in [5.41, 5.74) is 2.65. The number of ether oxygens (including phenoxy) is 2. The molecule has 5 amide bonds. The number of aryl methyl sites for hydroxylation is 1. The van der Waals surface area contributed by atoms with Gasteiger partial charge in [0.2, 0.25) is 5.91 Å². The number of likely N-dealkylation sites (N-methyl/N-ethyl adjacent to an activating group) is 1. The van der Waals surface area contributed by atoms with E-state index in [0.29, 0.717) is 53.7 Å². The second-order valence-corrected chi connectivity index (χ2v) is 16.4. The first-order valence-corrected chi connectivity index (χ1v) is 19.6. The van der Waals surface area contributed by atoms with E-state index in [-0.39, 0.29) is 36.5 Å². The molecule has 1 aromatic heterocycles. The van der Waals surface area contributed by atoms with E-state index in [4.69, 9.17) is 9.47 Å². The van der Waals surface area contributed by atoms with E-state index in [0.717, 1.165) is 23.6 Å². The van der Waals surface area contributed by atoms with E-state index < -0.39 is 35.2 Å². The number of anilines is 2. The largest absolute Gasteiger partial charge is 0.457 e. The summed E-state index contributed by atoms with van der Waals surface area (Å²) in [7, 11) is 1.50. The lowest BCUT2D eigenvalue weighted by atomic mass is 9.86. The van der Waals surface area contributed by atoms with E-state index in [1.807, 2.05) is 83.1 Å². The Kier molecular flexibility index (Phi) is 12.0. The Morgan fingerprint density at radius 2 is 1.89 bits per heavy atom. The summed E-state index contributed by atoms with van der Waals surface area (Å²) in [6.07, 6.45) is 4.56. The van der Waals surface area contributed by atoms with Crippen LogP contribution in [0.2, 0.25) is 0 Å². The van der Waals surface area contributed by atoms with Gasteiger partial charge in [0.15, 0.2) is 5.83 Å². The third-order valence-electron chi connectivity index (χ3n) is 10.0. The number of hydrogen-bond acceptors (Lipinski definition) is 8. The molecule has 4 heterocycles. The van der Waals surface area contributed by atoms with Gasteiger partial charge in [0.1, 0.15) is 27.9 Å². The monoisotopic (exact) mass is 772 g/mol. The van der Waals surface area contributed by atoms with E-state index >= 15 is 4.39 Å².